The lowest BCUT2D eigenvalue weighted by Gasteiger charge is -2.23. The Morgan fingerprint density at radius 1 is 1.04 bits per heavy atom. The third kappa shape index (κ3) is 2.76. The minimum atomic E-state index is -0.888. The summed E-state index contributed by atoms with van der Waals surface area (Å²) in [5, 5.41) is 12.3. The summed E-state index contributed by atoms with van der Waals surface area (Å²) in [5.41, 5.74) is 1.59. The molecule has 2 aliphatic carbocycles. The maximum absolute atomic E-state index is 12.7. The van der Waals surface area contributed by atoms with Crippen LogP contribution < -0.4 is 5.32 Å². The Hall–Kier alpha value is -2.82. The Kier molecular flexibility index (Phi) is 3.71. The Labute approximate surface area is 145 Å². The van der Waals surface area contributed by atoms with E-state index in [4.69, 9.17) is 4.42 Å². The lowest BCUT2D eigenvalue weighted by atomic mass is 9.82. The molecule has 128 valence electrons. The van der Waals surface area contributed by atoms with Crippen molar-refractivity contribution in [2.45, 2.75) is 13.3 Å². The van der Waals surface area contributed by atoms with E-state index < -0.39 is 17.8 Å². The molecule has 1 fully saturated rings. The predicted molar refractivity (Wildman–Crippen MR) is 92.9 cm³/mol. The molecule has 0 spiro atoms. The highest BCUT2D eigenvalue weighted by molar-refractivity contribution is 5.96. The number of carboxylic acids is 1. The SMILES string of the molecule is Cc1ccc(-c2ccc(NC(=O)[C@H]3[C@@H](C(=O)O)[C@H]4C=C[C@@H]3C4)cc2)o1. The molecule has 0 saturated heterocycles. The lowest BCUT2D eigenvalue weighted by Crippen LogP contribution is -2.36. The Morgan fingerprint density at radius 2 is 1.72 bits per heavy atom. The zero-order valence-corrected chi connectivity index (χ0v) is 13.8. The van der Waals surface area contributed by atoms with Crippen LogP contribution in [0.4, 0.5) is 5.69 Å². The molecule has 0 radical (unpaired) electrons. The van der Waals surface area contributed by atoms with Gasteiger partial charge in [0, 0.05) is 11.3 Å². The number of rotatable bonds is 4. The second kappa shape index (κ2) is 5.92. The first-order valence-corrected chi connectivity index (χ1v) is 8.42. The summed E-state index contributed by atoms with van der Waals surface area (Å²) in [4.78, 5) is 24.2. The van der Waals surface area contributed by atoms with Crippen molar-refractivity contribution < 1.29 is 19.1 Å². The summed E-state index contributed by atoms with van der Waals surface area (Å²) >= 11 is 0. The van der Waals surface area contributed by atoms with Gasteiger partial charge >= 0.3 is 5.97 Å². The van der Waals surface area contributed by atoms with Gasteiger partial charge < -0.3 is 14.8 Å². The van der Waals surface area contributed by atoms with Crippen molar-refractivity contribution in [1.82, 2.24) is 0 Å². The van der Waals surface area contributed by atoms with E-state index in [-0.39, 0.29) is 17.7 Å². The fourth-order valence-corrected chi connectivity index (χ4v) is 4.05. The van der Waals surface area contributed by atoms with E-state index in [1.165, 1.54) is 0 Å². The molecular weight excluding hydrogens is 318 g/mol. The number of carbonyl (C=O) groups excluding carboxylic acids is 1. The molecule has 2 aromatic rings. The number of hydrogen-bond acceptors (Lipinski definition) is 3. The quantitative estimate of drug-likeness (QED) is 0.834. The van der Waals surface area contributed by atoms with E-state index in [1.807, 2.05) is 55.5 Å². The van der Waals surface area contributed by atoms with Crippen molar-refractivity contribution in [1.29, 1.82) is 0 Å². The maximum Gasteiger partial charge on any atom is 0.307 e. The largest absolute Gasteiger partial charge is 0.481 e. The van der Waals surface area contributed by atoms with Gasteiger partial charge in [0.25, 0.3) is 0 Å². The van der Waals surface area contributed by atoms with Gasteiger partial charge in [-0.05, 0) is 61.6 Å². The fraction of sp³-hybridized carbons (Fsp3) is 0.300. The van der Waals surface area contributed by atoms with Gasteiger partial charge in [0.2, 0.25) is 5.91 Å². The highest BCUT2D eigenvalue weighted by Crippen LogP contribution is 2.48. The summed E-state index contributed by atoms with van der Waals surface area (Å²) in [6.07, 6.45) is 4.68. The number of nitrogens with one attached hydrogen (secondary N) is 1. The number of aliphatic carboxylic acids is 1. The zero-order chi connectivity index (χ0) is 17.6. The van der Waals surface area contributed by atoms with Gasteiger partial charge in [0.15, 0.2) is 0 Å². The van der Waals surface area contributed by atoms with Gasteiger partial charge in [-0.2, -0.15) is 0 Å². The Morgan fingerprint density at radius 3 is 2.32 bits per heavy atom. The third-order valence-corrected chi connectivity index (χ3v) is 5.22. The summed E-state index contributed by atoms with van der Waals surface area (Å²) in [6, 6.07) is 11.2. The number of allylic oxidation sites excluding steroid dienone is 2. The molecule has 0 unspecified atom stereocenters. The third-order valence-electron chi connectivity index (χ3n) is 5.22. The molecular formula is C20H19NO4. The summed E-state index contributed by atoms with van der Waals surface area (Å²) in [5.74, 6) is -0.609. The van der Waals surface area contributed by atoms with Crippen LogP contribution in [0.2, 0.25) is 0 Å². The van der Waals surface area contributed by atoms with Crippen molar-refractivity contribution in [3.63, 3.8) is 0 Å². The molecule has 1 amide bonds. The summed E-state index contributed by atoms with van der Waals surface area (Å²) < 4.78 is 5.59. The molecule has 1 aromatic heterocycles. The minimum Gasteiger partial charge on any atom is -0.481 e. The molecule has 1 heterocycles. The molecule has 2 bridgehead atoms. The Bertz CT molecular complexity index is 849. The molecule has 1 aromatic carbocycles. The zero-order valence-electron chi connectivity index (χ0n) is 13.8. The van der Waals surface area contributed by atoms with Gasteiger partial charge in [-0.1, -0.05) is 12.2 Å². The number of benzene rings is 1. The van der Waals surface area contributed by atoms with Crippen LogP contribution in [-0.2, 0) is 9.59 Å². The van der Waals surface area contributed by atoms with Crippen LogP contribution in [0.3, 0.4) is 0 Å². The molecule has 4 atom stereocenters. The van der Waals surface area contributed by atoms with E-state index in [1.54, 1.807) is 0 Å². The first kappa shape index (κ1) is 15.7. The minimum absolute atomic E-state index is 0.0245. The number of fused-ring (bicyclic) bond motifs is 2. The molecule has 5 nitrogen and oxygen atoms in total. The fourth-order valence-electron chi connectivity index (χ4n) is 4.05. The average molecular weight is 337 g/mol. The number of anilines is 1. The second-order valence-corrected chi connectivity index (χ2v) is 6.82. The number of hydrogen-bond donors (Lipinski definition) is 2. The van der Waals surface area contributed by atoms with Gasteiger partial charge in [-0.15, -0.1) is 0 Å². The first-order valence-electron chi connectivity index (χ1n) is 8.42. The molecule has 4 rings (SSSR count). The average Bonchev–Trinajstić information content (AvgIpc) is 3.30. The van der Waals surface area contributed by atoms with Crippen LogP contribution in [0.1, 0.15) is 12.2 Å². The first-order chi connectivity index (χ1) is 12.0. The van der Waals surface area contributed by atoms with E-state index in [2.05, 4.69) is 5.32 Å². The van der Waals surface area contributed by atoms with E-state index in [9.17, 15) is 14.7 Å². The van der Waals surface area contributed by atoms with Crippen molar-refractivity contribution in [3.8, 4) is 11.3 Å². The second-order valence-electron chi connectivity index (χ2n) is 6.82. The van der Waals surface area contributed by atoms with Crippen LogP contribution in [0, 0.1) is 30.6 Å². The van der Waals surface area contributed by atoms with E-state index >= 15 is 0 Å². The monoisotopic (exact) mass is 337 g/mol. The highest BCUT2D eigenvalue weighted by Gasteiger charge is 2.51. The van der Waals surface area contributed by atoms with Gasteiger partial charge in [-0.25, -0.2) is 0 Å². The number of furan rings is 1. The van der Waals surface area contributed by atoms with Crippen LogP contribution in [0.15, 0.2) is 53.0 Å². The van der Waals surface area contributed by atoms with Gasteiger partial charge in [-0.3, -0.25) is 9.59 Å². The molecule has 5 heteroatoms. The van der Waals surface area contributed by atoms with E-state index in [0.717, 1.165) is 23.5 Å². The number of carboxylic acid groups (broad SMARTS) is 1. The maximum atomic E-state index is 12.7. The Balaban J connectivity index is 1.49. The number of amides is 1. The van der Waals surface area contributed by atoms with E-state index in [0.29, 0.717) is 5.69 Å². The topological polar surface area (TPSA) is 79.5 Å². The van der Waals surface area contributed by atoms with Crippen molar-refractivity contribution in [2.24, 2.45) is 23.7 Å². The lowest BCUT2D eigenvalue weighted by molar-refractivity contribution is -0.146. The van der Waals surface area contributed by atoms with Crippen LogP contribution in [-0.4, -0.2) is 17.0 Å². The van der Waals surface area contributed by atoms with Crippen molar-refractivity contribution in [2.75, 3.05) is 5.32 Å². The molecule has 1 saturated carbocycles. The molecule has 2 aliphatic rings. The molecule has 0 aliphatic heterocycles. The molecule has 25 heavy (non-hydrogen) atoms. The normalized spacial score (nSPS) is 26.8. The van der Waals surface area contributed by atoms with Gasteiger partial charge in [0.1, 0.15) is 11.5 Å². The van der Waals surface area contributed by atoms with Crippen LogP contribution in [0.5, 0.6) is 0 Å². The molecule has 2 N–H and O–H groups in total. The van der Waals surface area contributed by atoms with Crippen molar-refractivity contribution >= 4 is 17.6 Å². The van der Waals surface area contributed by atoms with Crippen LogP contribution in [0.25, 0.3) is 11.3 Å². The summed E-state index contributed by atoms with van der Waals surface area (Å²) in [6.45, 7) is 1.89. The number of aryl methyl sites for hydroxylation is 1. The van der Waals surface area contributed by atoms with Gasteiger partial charge in [0.05, 0.1) is 11.8 Å². The van der Waals surface area contributed by atoms with Crippen molar-refractivity contribution in [3.05, 3.63) is 54.3 Å². The standard InChI is InChI=1S/C20H19NO4/c1-11-2-9-16(25-11)12-5-7-15(8-6-12)21-19(22)17-13-3-4-14(10-13)18(17)20(23)24/h2-9,13-14,17-18H,10H2,1H3,(H,21,22)(H,23,24)/t13-,14+,17-,18+/m1/s1. The predicted octanol–water partition coefficient (Wildman–Crippen LogP) is 3.72. The number of carbonyl (C=O) groups is 2. The van der Waals surface area contributed by atoms with Crippen LogP contribution >= 0.6 is 0 Å². The summed E-state index contributed by atoms with van der Waals surface area (Å²) in [7, 11) is 0. The highest BCUT2D eigenvalue weighted by atomic mass is 16.4. The smallest absolute Gasteiger partial charge is 0.307 e.